The zero-order valence-corrected chi connectivity index (χ0v) is 18.9. The predicted octanol–water partition coefficient (Wildman–Crippen LogP) is 2.64. The number of rotatable bonds is 5. The van der Waals surface area contributed by atoms with Gasteiger partial charge in [-0.25, -0.2) is 9.78 Å². The van der Waals surface area contributed by atoms with E-state index < -0.39 is 17.9 Å². The molecule has 0 aliphatic carbocycles. The number of carbonyl (C=O) groups excluding carboxylic acids is 4. The summed E-state index contributed by atoms with van der Waals surface area (Å²) in [4.78, 5) is 59.1. The van der Waals surface area contributed by atoms with Crippen molar-refractivity contribution in [3.8, 4) is 0 Å². The summed E-state index contributed by atoms with van der Waals surface area (Å²) in [7, 11) is 1.28. The highest BCUT2D eigenvalue weighted by molar-refractivity contribution is 7.16. The molecule has 9 nitrogen and oxygen atoms in total. The molecule has 10 heteroatoms. The molecular formula is C22H24N4O5S. The average molecular weight is 457 g/mol. The van der Waals surface area contributed by atoms with Gasteiger partial charge in [-0.05, 0) is 30.9 Å². The van der Waals surface area contributed by atoms with Crippen molar-refractivity contribution in [2.45, 2.75) is 38.6 Å². The van der Waals surface area contributed by atoms with Crippen LogP contribution in [0.4, 0.5) is 10.8 Å². The number of para-hydroxylation sites is 1. The molecule has 1 saturated heterocycles. The Kier molecular flexibility index (Phi) is 5.96. The third-order valence-corrected chi connectivity index (χ3v) is 6.87. The van der Waals surface area contributed by atoms with Crippen molar-refractivity contribution in [3.05, 3.63) is 40.4 Å². The van der Waals surface area contributed by atoms with Crippen LogP contribution in [0.3, 0.4) is 0 Å². The number of methoxy groups -OCH3 is 1. The van der Waals surface area contributed by atoms with E-state index in [9.17, 15) is 19.2 Å². The molecule has 1 aromatic carbocycles. The molecule has 0 radical (unpaired) electrons. The summed E-state index contributed by atoms with van der Waals surface area (Å²) in [6.07, 6.45) is 1.32. The molecule has 0 unspecified atom stereocenters. The maximum atomic E-state index is 13.3. The molecule has 3 amide bonds. The van der Waals surface area contributed by atoms with Crippen LogP contribution in [0.15, 0.2) is 24.3 Å². The molecule has 1 N–H and O–H groups in total. The van der Waals surface area contributed by atoms with E-state index in [-0.39, 0.29) is 35.1 Å². The number of thiazole rings is 1. The summed E-state index contributed by atoms with van der Waals surface area (Å²) in [6, 6.07) is 6.26. The van der Waals surface area contributed by atoms with Crippen LogP contribution in [0.5, 0.6) is 0 Å². The predicted molar refractivity (Wildman–Crippen MR) is 119 cm³/mol. The number of amides is 3. The van der Waals surface area contributed by atoms with E-state index in [0.29, 0.717) is 29.1 Å². The van der Waals surface area contributed by atoms with Crippen LogP contribution in [0.25, 0.3) is 0 Å². The first kappa shape index (κ1) is 21.9. The van der Waals surface area contributed by atoms with E-state index in [1.807, 2.05) is 13.8 Å². The van der Waals surface area contributed by atoms with E-state index >= 15 is 0 Å². The maximum absolute atomic E-state index is 13.3. The fourth-order valence-corrected chi connectivity index (χ4v) is 5.07. The molecule has 0 spiro atoms. The van der Waals surface area contributed by atoms with Crippen LogP contribution in [-0.4, -0.2) is 59.8 Å². The minimum Gasteiger partial charge on any atom is -0.464 e. The molecule has 2 aliphatic rings. The second kappa shape index (κ2) is 8.70. The number of fused-ring (bicyclic) bond motifs is 2. The van der Waals surface area contributed by atoms with Crippen LogP contribution < -0.4 is 10.2 Å². The molecule has 3 heterocycles. The maximum Gasteiger partial charge on any atom is 0.357 e. The van der Waals surface area contributed by atoms with E-state index in [0.717, 1.165) is 6.42 Å². The van der Waals surface area contributed by atoms with Gasteiger partial charge < -0.3 is 19.9 Å². The number of hydrogen-bond acceptors (Lipinski definition) is 7. The number of nitrogens with zero attached hydrogens (tertiary/aromatic N) is 3. The smallest absolute Gasteiger partial charge is 0.357 e. The molecule has 2 aliphatic heterocycles. The van der Waals surface area contributed by atoms with Gasteiger partial charge in [0.25, 0.3) is 5.91 Å². The average Bonchev–Trinajstić information content (AvgIpc) is 3.42. The molecule has 2 aromatic rings. The molecular weight excluding hydrogens is 432 g/mol. The molecule has 168 valence electrons. The second-order valence-electron chi connectivity index (χ2n) is 8.02. The first-order chi connectivity index (χ1) is 15.3. The summed E-state index contributed by atoms with van der Waals surface area (Å²) in [5.74, 6) is -1.48. The van der Waals surface area contributed by atoms with E-state index in [1.165, 1.54) is 23.3 Å². The molecule has 1 aromatic heterocycles. The largest absolute Gasteiger partial charge is 0.464 e. The Bertz CT molecular complexity index is 1100. The quantitative estimate of drug-likeness (QED) is 0.693. The SMILES string of the molecule is COC(=O)c1nc(NC(=O)CN2C(=O)[C@H]3CCCN3C(=O)c3ccccc32)sc1C(C)C. The van der Waals surface area contributed by atoms with Gasteiger partial charge in [0.15, 0.2) is 10.8 Å². The van der Waals surface area contributed by atoms with Crippen LogP contribution in [0.2, 0.25) is 0 Å². The zero-order valence-electron chi connectivity index (χ0n) is 18.1. The topological polar surface area (TPSA) is 109 Å². The van der Waals surface area contributed by atoms with E-state index in [2.05, 4.69) is 10.3 Å². The van der Waals surface area contributed by atoms with Gasteiger partial charge in [0.05, 0.1) is 18.4 Å². The first-order valence-corrected chi connectivity index (χ1v) is 11.2. The van der Waals surface area contributed by atoms with Gasteiger partial charge in [-0.2, -0.15) is 0 Å². The number of anilines is 2. The summed E-state index contributed by atoms with van der Waals surface area (Å²) in [5.41, 5.74) is 0.998. The standard InChI is InChI=1S/C22H24N4O5S/c1-12(2)18-17(21(30)31-3)24-22(32-18)23-16(27)11-26-14-8-5-4-7-13(14)19(28)25-10-6-9-15(25)20(26)29/h4-5,7-8,12,15H,6,9-11H2,1-3H3,(H,23,24,27)/t15-/m1/s1. The lowest BCUT2D eigenvalue weighted by Crippen LogP contribution is -2.47. The number of benzene rings is 1. The Hall–Kier alpha value is -3.27. The summed E-state index contributed by atoms with van der Waals surface area (Å²) in [5, 5.41) is 2.95. The Morgan fingerprint density at radius 3 is 2.75 bits per heavy atom. The van der Waals surface area contributed by atoms with Crippen molar-refractivity contribution in [2.75, 3.05) is 30.4 Å². The van der Waals surface area contributed by atoms with Gasteiger partial charge in [0.2, 0.25) is 11.8 Å². The van der Waals surface area contributed by atoms with Gasteiger partial charge in [-0.1, -0.05) is 26.0 Å². The lowest BCUT2D eigenvalue weighted by Gasteiger charge is -2.25. The zero-order chi connectivity index (χ0) is 23.0. The van der Waals surface area contributed by atoms with Crippen LogP contribution in [0, 0.1) is 0 Å². The monoisotopic (exact) mass is 456 g/mol. The lowest BCUT2D eigenvalue weighted by atomic mass is 10.1. The van der Waals surface area contributed by atoms with Crippen LogP contribution >= 0.6 is 11.3 Å². The summed E-state index contributed by atoms with van der Waals surface area (Å²) >= 11 is 1.20. The molecule has 4 rings (SSSR count). The Labute approximate surface area is 189 Å². The van der Waals surface area contributed by atoms with Crippen molar-refractivity contribution < 1.29 is 23.9 Å². The summed E-state index contributed by atoms with van der Waals surface area (Å²) in [6.45, 7) is 4.10. The van der Waals surface area contributed by atoms with Crippen LogP contribution in [-0.2, 0) is 14.3 Å². The molecule has 32 heavy (non-hydrogen) atoms. The highest BCUT2D eigenvalue weighted by atomic mass is 32.1. The van der Waals surface area contributed by atoms with Gasteiger partial charge >= 0.3 is 5.97 Å². The number of carbonyl (C=O) groups is 4. The van der Waals surface area contributed by atoms with Gasteiger partial charge in [0, 0.05) is 11.4 Å². The third kappa shape index (κ3) is 3.86. The third-order valence-electron chi connectivity index (χ3n) is 5.59. The minimum atomic E-state index is -0.568. The van der Waals surface area contributed by atoms with Crippen molar-refractivity contribution in [3.63, 3.8) is 0 Å². The molecule has 1 fully saturated rings. The van der Waals surface area contributed by atoms with Crippen molar-refractivity contribution in [1.82, 2.24) is 9.88 Å². The Morgan fingerprint density at radius 2 is 2.03 bits per heavy atom. The number of nitrogens with one attached hydrogen (secondary N) is 1. The lowest BCUT2D eigenvalue weighted by molar-refractivity contribution is -0.124. The van der Waals surface area contributed by atoms with Crippen molar-refractivity contribution in [1.29, 1.82) is 0 Å². The van der Waals surface area contributed by atoms with Crippen molar-refractivity contribution in [2.24, 2.45) is 0 Å². The van der Waals surface area contributed by atoms with E-state index in [1.54, 1.807) is 29.2 Å². The summed E-state index contributed by atoms with van der Waals surface area (Å²) < 4.78 is 4.79. The highest BCUT2D eigenvalue weighted by Crippen LogP contribution is 2.33. The Morgan fingerprint density at radius 1 is 1.28 bits per heavy atom. The normalized spacial score (nSPS) is 17.8. The molecule has 0 bridgehead atoms. The number of aromatic nitrogens is 1. The van der Waals surface area contributed by atoms with Gasteiger partial charge in [-0.3, -0.25) is 14.4 Å². The van der Waals surface area contributed by atoms with Crippen molar-refractivity contribution >= 4 is 45.8 Å². The second-order valence-corrected chi connectivity index (χ2v) is 9.06. The first-order valence-electron chi connectivity index (χ1n) is 10.4. The van der Waals surface area contributed by atoms with Crippen LogP contribution in [0.1, 0.15) is 58.3 Å². The highest BCUT2D eigenvalue weighted by Gasteiger charge is 2.42. The number of esters is 1. The van der Waals surface area contributed by atoms with E-state index in [4.69, 9.17) is 4.74 Å². The Balaban J connectivity index is 1.60. The molecule has 0 saturated carbocycles. The minimum absolute atomic E-state index is 0.0191. The molecule has 1 atom stereocenters. The van der Waals surface area contributed by atoms with Gasteiger partial charge in [0.1, 0.15) is 12.6 Å². The number of hydrogen-bond donors (Lipinski definition) is 1. The van der Waals surface area contributed by atoms with Gasteiger partial charge in [-0.15, -0.1) is 11.3 Å². The number of ether oxygens (including phenoxy) is 1. The fraction of sp³-hybridized carbons (Fsp3) is 0.409. The fourth-order valence-electron chi connectivity index (χ4n) is 4.09.